The van der Waals surface area contributed by atoms with E-state index in [4.69, 9.17) is 0 Å². The summed E-state index contributed by atoms with van der Waals surface area (Å²) in [6.45, 7) is 6.05. The Kier molecular flexibility index (Phi) is 3.26. The summed E-state index contributed by atoms with van der Waals surface area (Å²) in [5, 5.41) is 2.94. The molecule has 0 radical (unpaired) electrons. The number of nitrogens with one attached hydrogen (secondary N) is 1. The van der Waals surface area contributed by atoms with Crippen LogP contribution in [0.2, 0.25) is 0 Å². The van der Waals surface area contributed by atoms with Crippen molar-refractivity contribution in [3.63, 3.8) is 0 Å². The number of aromatic amines is 1. The average Bonchev–Trinajstić information content (AvgIpc) is 2.76. The molecule has 0 bridgehead atoms. The molecule has 2 aromatic carbocycles. The molecular formula is C18H18N2O. The van der Waals surface area contributed by atoms with Gasteiger partial charge >= 0.3 is 0 Å². The summed E-state index contributed by atoms with van der Waals surface area (Å²) in [5.74, 6) is 0. The van der Waals surface area contributed by atoms with E-state index in [9.17, 15) is 4.79 Å². The van der Waals surface area contributed by atoms with Gasteiger partial charge in [0.1, 0.15) is 0 Å². The molecule has 0 spiro atoms. The molecule has 0 aliphatic carbocycles. The topological polar surface area (TPSA) is 37.8 Å². The van der Waals surface area contributed by atoms with Crippen molar-refractivity contribution in [2.24, 2.45) is 0 Å². The van der Waals surface area contributed by atoms with Crippen LogP contribution in [0.3, 0.4) is 0 Å². The van der Waals surface area contributed by atoms with E-state index in [-0.39, 0.29) is 5.56 Å². The molecule has 1 heterocycles. The van der Waals surface area contributed by atoms with Crippen LogP contribution in [-0.4, -0.2) is 9.78 Å². The molecule has 0 saturated heterocycles. The van der Waals surface area contributed by atoms with Gasteiger partial charge in [-0.25, -0.2) is 0 Å². The Bertz CT molecular complexity index is 838. The number of nitrogens with zero attached hydrogens (tertiary/aromatic N) is 1. The number of hydrogen-bond donors (Lipinski definition) is 1. The van der Waals surface area contributed by atoms with Crippen molar-refractivity contribution >= 4 is 0 Å². The number of rotatable bonds is 2. The maximum Gasteiger partial charge on any atom is 0.272 e. The van der Waals surface area contributed by atoms with Gasteiger partial charge in [-0.3, -0.25) is 14.6 Å². The third-order valence-corrected chi connectivity index (χ3v) is 3.83. The largest absolute Gasteiger partial charge is 0.272 e. The molecule has 0 aliphatic heterocycles. The highest BCUT2D eigenvalue weighted by Gasteiger charge is 2.14. The van der Waals surface area contributed by atoms with E-state index < -0.39 is 0 Å². The molecule has 21 heavy (non-hydrogen) atoms. The third kappa shape index (κ3) is 2.31. The summed E-state index contributed by atoms with van der Waals surface area (Å²) >= 11 is 0. The molecule has 0 unspecified atom stereocenters. The zero-order valence-corrected chi connectivity index (χ0v) is 12.5. The van der Waals surface area contributed by atoms with Crippen LogP contribution in [0.25, 0.3) is 16.8 Å². The molecule has 106 valence electrons. The predicted molar refractivity (Wildman–Crippen MR) is 86.0 cm³/mol. The van der Waals surface area contributed by atoms with E-state index in [1.165, 1.54) is 5.56 Å². The zero-order valence-electron chi connectivity index (χ0n) is 12.5. The van der Waals surface area contributed by atoms with E-state index in [0.717, 1.165) is 28.1 Å². The van der Waals surface area contributed by atoms with Gasteiger partial charge < -0.3 is 0 Å². The van der Waals surface area contributed by atoms with Gasteiger partial charge in [-0.15, -0.1) is 0 Å². The highest BCUT2D eigenvalue weighted by atomic mass is 16.1. The van der Waals surface area contributed by atoms with Crippen molar-refractivity contribution in [2.75, 3.05) is 0 Å². The summed E-state index contributed by atoms with van der Waals surface area (Å²) < 4.78 is 1.87. The van der Waals surface area contributed by atoms with E-state index in [0.29, 0.717) is 0 Å². The van der Waals surface area contributed by atoms with Gasteiger partial charge in [0.25, 0.3) is 5.56 Å². The van der Waals surface area contributed by atoms with Crippen molar-refractivity contribution in [3.8, 4) is 16.8 Å². The Balaban J connectivity index is 2.20. The summed E-state index contributed by atoms with van der Waals surface area (Å²) in [7, 11) is 0. The lowest BCUT2D eigenvalue weighted by molar-refractivity contribution is 0.828. The van der Waals surface area contributed by atoms with Gasteiger partial charge in [0.15, 0.2) is 0 Å². The maximum atomic E-state index is 12.4. The van der Waals surface area contributed by atoms with Crippen LogP contribution in [0.15, 0.2) is 53.3 Å². The van der Waals surface area contributed by atoms with E-state index >= 15 is 0 Å². The van der Waals surface area contributed by atoms with Crippen molar-refractivity contribution in [1.29, 1.82) is 0 Å². The Morgan fingerprint density at radius 1 is 0.905 bits per heavy atom. The minimum absolute atomic E-state index is 0.0559. The number of aryl methyl sites for hydroxylation is 2. The van der Waals surface area contributed by atoms with Crippen molar-refractivity contribution in [1.82, 2.24) is 9.78 Å². The van der Waals surface area contributed by atoms with E-state index in [2.05, 4.69) is 5.10 Å². The first-order valence-corrected chi connectivity index (χ1v) is 7.02. The Hall–Kier alpha value is -2.55. The number of para-hydroxylation sites is 1. The summed E-state index contributed by atoms with van der Waals surface area (Å²) in [6.07, 6.45) is 0. The van der Waals surface area contributed by atoms with Crippen LogP contribution in [0.4, 0.5) is 0 Å². The standard InChI is InChI=1S/C18H18N2O/c1-12-8-10-15(11-9-12)17-14(3)20(19-18(17)21)16-7-5-4-6-13(16)2/h4-11H,1-3H3,(H,19,21). The monoisotopic (exact) mass is 278 g/mol. The quantitative estimate of drug-likeness (QED) is 0.761. The van der Waals surface area contributed by atoms with Gasteiger partial charge in [-0.05, 0) is 38.0 Å². The van der Waals surface area contributed by atoms with Gasteiger partial charge in [0.05, 0.1) is 16.9 Å². The Labute approximate surface area is 123 Å². The lowest BCUT2D eigenvalue weighted by Gasteiger charge is -2.09. The molecule has 1 aromatic heterocycles. The van der Waals surface area contributed by atoms with Crippen LogP contribution >= 0.6 is 0 Å². The van der Waals surface area contributed by atoms with Crippen molar-refractivity contribution < 1.29 is 0 Å². The Morgan fingerprint density at radius 2 is 1.57 bits per heavy atom. The fraction of sp³-hybridized carbons (Fsp3) is 0.167. The van der Waals surface area contributed by atoms with Gasteiger partial charge in [0, 0.05) is 0 Å². The molecule has 0 amide bonds. The number of H-pyrrole nitrogens is 1. The smallest absolute Gasteiger partial charge is 0.267 e. The SMILES string of the molecule is Cc1ccc(-c2c(C)n(-c3ccccc3C)[nH]c2=O)cc1. The first kappa shape index (κ1) is 13.4. The summed E-state index contributed by atoms with van der Waals surface area (Å²) in [4.78, 5) is 12.4. The molecule has 0 atom stereocenters. The molecule has 3 heteroatoms. The fourth-order valence-corrected chi connectivity index (χ4v) is 2.63. The second-order valence-electron chi connectivity index (χ2n) is 5.39. The van der Waals surface area contributed by atoms with Crippen LogP contribution in [0.1, 0.15) is 16.8 Å². The summed E-state index contributed by atoms with van der Waals surface area (Å²) in [6, 6.07) is 16.1. The van der Waals surface area contributed by atoms with E-state index in [1.807, 2.05) is 74.0 Å². The van der Waals surface area contributed by atoms with Gasteiger partial charge in [-0.2, -0.15) is 0 Å². The summed E-state index contributed by atoms with van der Waals surface area (Å²) in [5.41, 5.74) is 5.88. The minimum Gasteiger partial charge on any atom is -0.267 e. The number of benzene rings is 2. The Morgan fingerprint density at radius 3 is 2.24 bits per heavy atom. The predicted octanol–water partition coefficient (Wildman–Crippen LogP) is 3.76. The van der Waals surface area contributed by atoms with Gasteiger partial charge in [-0.1, -0.05) is 48.0 Å². The van der Waals surface area contributed by atoms with Crippen molar-refractivity contribution in [3.05, 3.63) is 75.7 Å². The van der Waals surface area contributed by atoms with E-state index in [1.54, 1.807) is 0 Å². The average molecular weight is 278 g/mol. The molecular weight excluding hydrogens is 260 g/mol. The highest BCUT2D eigenvalue weighted by molar-refractivity contribution is 5.66. The molecule has 0 aliphatic rings. The molecule has 3 aromatic rings. The molecule has 3 nitrogen and oxygen atoms in total. The molecule has 0 fully saturated rings. The second kappa shape index (κ2) is 5.09. The third-order valence-electron chi connectivity index (χ3n) is 3.83. The molecule has 0 saturated carbocycles. The minimum atomic E-state index is -0.0559. The zero-order chi connectivity index (χ0) is 15.0. The first-order chi connectivity index (χ1) is 10.1. The normalized spacial score (nSPS) is 10.8. The van der Waals surface area contributed by atoms with Crippen LogP contribution < -0.4 is 5.56 Å². The number of hydrogen-bond acceptors (Lipinski definition) is 1. The first-order valence-electron chi connectivity index (χ1n) is 7.02. The van der Waals surface area contributed by atoms with Crippen LogP contribution in [0.5, 0.6) is 0 Å². The fourth-order valence-electron chi connectivity index (χ4n) is 2.63. The lowest BCUT2D eigenvalue weighted by atomic mass is 10.0. The number of aromatic nitrogens is 2. The van der Waals surface area contributed by atoms with Crippen LogP contribution in [0, 0.1) is 20.8 Å². The van der Waals surface area contributed by atoms with Gasteiger partial charge in [0.2, 0.25) is 0 Å². The second-order valence-corrected chi connectivity index (χ2v) is 5.39. The molecule has 3 rings (SSSR count). The lowest BCUT2D eigenvalue weighted by Crippen LogP contribution is -2.06. The van der Waals surface area contributed by atoms with Crippen molar-refractivity contribution in [2.45, 2.75) is 20.8 Å². The molecule has 1 N–H and O–H groups in total. The van der Waals surface area contributed by atoms with Crippen LogP contribution in [-0.2, 0) is 0 Å². The maximum absolute atomic E-state index is 12.4. The highest BCUT2D eigenvalue weighted by Crippen LogP contribution is 2.23.